The summed E-state index contributed by atoms with van der Waals surface area (Å²) in [4.78, 5) is 0. The van der Waals surface area contributed by atoms with Gasteiger partial charge in [0.25, 0.3) is 0 Å². The van der Waals surface area contributed by atoms with Crippen LogP contribution in [0.3, 0.4) is 0 Å². The van der Waals surface area contributed by atoms with Gasteiger partial charge in [0, 0.05) is 16.1 Å². The van der Waals surface area contributed by atoms with Crippen molar-refractivity contribution in [1.29, 1.82) is 0 Å². The Bertz CT molecular complexity index is 556. The molecule has 0 saturated heterocycles. The fraction of sp³-hybridized carbons (Fsp3) is 0.0909. The van der Waals surface area contributed by atoms with E-state index in [2.05, 4.69) is 0 Å². The van der Waals surface area contributed by atoms with Crippen molar-refractivity contribution >= 4 is 46.1 Å². The number of aliphatic hydroxyl groups excluding tert-OH is 1. The van der Waals surface area contributed by atoms with E-state index in [9.17, 15) is 9.50 Å². The predicted molar refractivity (Wildman–Crippen MR) is 69.8 cm³/mol. The number of aliphatic hydroxyl groups is 1. The lowest BCUT2D eigenvalue weighted by atomic mass is 10.0. The minimum Gasteiger partial charge on any atom is -0.383 e. The first-order valence-electron chi connectivity index (χ1n) is 4.57. The van der Waals surface area contributed by atoms with E-state index in [1.807, 2.05) is 0 Å². The molecule has 0 amide bonds. The number of rotatable bonds is 2. The molecule has 0 spiro atoms. The van der Waals surface area contributed by atoms with Gasteiger partial charge in [-0.2, -0.15) is 0 Å². The monoisotopic (exact) mass is 310 g/mol. The van der Waals surface area contributed by atoms with Gasteiger partial charge in [-0.05, 0) is 18.2 Å². The topological polar surface area (TPSA) is 20.2 Å². The Morgan fingerprint density at radius 3 is 2.35 bits per heavy atom. The van der Waals surface area contributed by atoms with Gasteiger partial charge in [-0.25, -0.2) is 4.39 Å². The lowest BCUT2D eigenvalue weighted by Crippen LogP contribution is -2.01. The van der Waals surface area contributed by atoms with E-state index in [0.29, 0.717) is 14.2 Å². The maximum absolute atomic E-state index is 13.6. The molecule has 0 bridgehead atoms. The summed E-state index contributed by atoms with van der Waals surface area (Å²) in [6, 6.07) is 5.59. The molecule has 0 saturated carbocycles. The Balaban J connectivity index is 2.43. The Morgan fingerprint density at radius 1 is 1.12 bits per heavy atom. The molecule has 1 aromatic carbocycles. The second-order valence-electron chi connectivity index (χ2n) is 3.35. The van der Waals surface area contributed by atoms with Gasteiger partial charge in [0.2, 0.25) is 0 Å². The molecule has 0 radical (unpaired) electrons. The van der Waals surface area contributed by atoms with Gasteiger partial charge in [-0.15, -0.1) is 11.3 Å². The molecule has 1 atom stereocenters. The van der Waals surface area contributed by atoms with E-state index >= 15 is 0 Å². The van der Waals surface area contributed by atoms with Gasteiger partial charge in [0.05, 0.1) is 4.34 Å². The van der Waals surface area contributed by atoms with Crippen molar-refractivity contribution in [1.82, 2.24) is 0 Å². The molecule has 0 aliphatic carbocycles. The molecule has 0 fully saturated rings. The molecular formula is C11H6Cl3FOS. The third-order valence-electron chi connectivity index (χ3n) is 2.23. The highest BCUT2D eigenvalue weighted by molar-refractivity contribution is 7.20. The van der Waals surface area contributed by atoms with Gasteiger partial charge in [-0.3, -0.25) is 0 Å². The van der Waals surface area contributed by atoms with Crippen LogP contribution in [0.5, 0.6) is 0 Å². The molecule has 2 rings (SSSR count). The molecule has 1 N–H and O–H groups in total. The summed E-state index contributed by atoms with van der Waals surface area (Å²) < 4.78 is 14.4. The Morgan fingerprint density at radius 2 is 1.82 bits per heavy atom. The van der Waals surface area contributed by atoms with E-state index in [-0.39, 0.29) is 10.6 Å². The van der Waals surface area contributed by atoms with Crippen molar-refractivity contribution in [2.75, 3.05) is 0 Å². The standard InChI is InChI=1S/C11H6Cl3FOS/c12-5-1-2-6(8(15)3-5)10(16)7-4-9(13)17-11(7)14/h1-4,10,16H. The van der Waals surface area contributed by atoms with Crippen molar-refractivity contribution in [3.05, 3.63) is 54.9 Å². The van der Waals surface area contributed by atoms with Crippen LogP contribution in [-0.4, -0.2) is 5.11 Å². The summed E-state index contributed by atoms with van der Waals surface area (Å²) in [7, 11) is 0. The summed E-state index contributed by atoms with van der Waals surface area (Å²) in [5.74, 6) is -0.580. The van der Waals surface area contributed by atoms with Gasteiger partial charge in [-0.1, -0.05) is 40.9 Å². The van der Waals surface area contributed by atoms with Gasteiger partial charge in [0.15, 0.2) is 0 Å². The zero-order chi connectivity index (χ0) is 12.6. The fourth-order valence-corrected chi connectivity index (χ4v) is 3.11. The van der Waals surface area contributed by atoms with Crippen LogP contribution in [0.15, 0.2) is 24.3 Å². The van der Waals surface area contributed by atoms with Crippen molar-refractivity contribution in [3.8, 4) is 0 Å². The average molecular weight is 312 g/mol. The van der Waals surface area contributed by atoms with Gasteiger partial charge in [0.1, 0.15) is 16.3 Å². The third-order valence-corrected chi connectivity index (χ3v) is 3.99. The lowest BCUT2D eigenvalue weighted by molar-refractivity contribution is 0.215. The molecule has 1 unspecified atom stereocenters. The molecule has 6 heteroatoms. The van der Waals surface area contributed by atoms with Crippen molar-refractivity contribution in [2.45, 2.75) is 6.10 Å². The summed E-state index contributed by atoms with van der Waals surface area (Å²) in [6.07, 6.45) is -1.15. The van der Waals surface area contributed by atoms with Crippen molar-refractivity contribution in [3.63, 3.8) is 0 Å². The first-order valence-corrected chi connectivity index (χ1v) is 6.52. The summed E-state index contributed by atoms with van der Waals surface area (Å²) in [5.41, 5.74) is 0.508. The minimum atomic E-state index is -1.15. The minimum absolute atomic E-state index is 0.116. The van der Waals surface area contributed by atoms with E-state index in [0.717, 1.165) is 17.4 Å². The van der Waals surface area contributed by atoms with Crippen molar-refractivity contribution in [2.24, 2.45) is 0 Å². The third kappa shape index (κ3) is 2.75. The van der Waals surface area contributed by atoms with E-state index in [4.69, 9.17) is 34.8 Å². The molecule has 1 aromatic heterocycles. The highest BCUT2D eigenvalue weighted by atomic mass is 35.5. The highest BCUT2D eigenvalue weighted by Gasteiger charge is 2.20. The molecule has 90 valence electrons. The highest BCUT2D eigenvalue weighted by Crippen LogP contribution is 2.38. The SMILES string of the molecule is OC(c1ccc(Cl)cc1F)c1cc(Cl)sc1Cl. The summed E-state index contributed by atoms with van der Waals surface area (Å²) in [5, 5.41) is 10.3. The summed E-state index contributed by atoms with van der Waals surface area (Å²) in [6.45, 7) is 0. The molecule has 0 aliphatic rings. The first-order chi connectivity index (χ1) is 7.99. The smallest absolute Gasteiger partial charge is 0.130 e. The molecule has 0 aliphatic heterocycles. The zero-order valence-electron chi connectivity index (χ0n) is 8.25. The largest absolute Gasteiger partial charge is 0.383 e. The van der Waals surface area contributed by atoms with Crippen LogP contribution < -0.4 is 0 Å². The fourth-order valence-electron chi connectivity index (χ4n) is 1.43. The Hall–Kier alpha value is -0.320. The number of thiophene rings is 1. The maximum atomic E-state index is 13.6. The van der Waals surface area contributed by atoms with Crippen LogP contribution >= 0.6 is 46.1 Å². The van der Waals surface area contributed by atoms with E-state index in [1.165, 1.54) is 18.2 Å². The van der Waals surface area contributed by atoms with E-state index < -0.39 is 11.9 Å². The van der Waals surface area contributed by atoms with Crippen LogP contribution in [0.4, 0.5) is 4.39 Å². The molecule has 1 heterocycles. The maximum Gasteiger partial charge on any atom is 0.130 e. The first kappa shape index (κ1) is 13.1. The quantitative estimate of drug-likeness (QED) is 0.834. The van der Waals surface area contributed by atoms with Crippen LogP contribution in [0.1, 0.15) is 17.2 Å². The van der Waals surface area contributed by atoms with Crippen LogP contribution in [0.25, 0.3) is 0 Å². The Kier molecular flexibility index (Phi) is 3.95. The second kappa shape index (κ2) is 5.12. The van der Waals surface area contributed by atoms with Gasteiger partial charge >= 0.3 is 0 Å². The van der Waals surface area contributed by atoms with Gasteiger partial charge < -0.3 is 5.11 Å². The number of hydrogen-bond acceptors (Lipinski definition) is 2. The molecule has 2 aromatic rings. The number of halogens is 4. The van der Waals surface area contributed by atoms with Crippen LogP contribution in [0.2, 0.25) is 13.7 Å². The Labute approximate surface area is 116 Å². The second-order valence-corrected chi connectivity index (χ2v) is 6.07. The van der Waals surface area contributed by atoms with Crippen LogP contribution in [-0.2, 0) is 0 Å². The summed E-state index contributed by atoms with van der Waals surface area (Å²) >= 11 is 18.4. The molecule has 1 nitrogen and oxygen atoms in total. The predicted octanol–water partition coefficient (Wildman–Crippen LogP) is 4.93. The number of hydrogen-bond donors (Lipinski definition) is 1. The average Bonchev–Trinajstić information content (AvgIpc) is 2.57. The van der Waals surface area contributed by atoms with Crippen LogP contribution in [0, 0.1) is 5.82 Å². The zero-order valence-corrected chi connectivity index (χ0v) is 11.3. The molecular weight excluding hydrogens is 306 g/mol. The lowest BCUT2D eigenvalue weighted by Gasteiger charge is -2.11. The van der Waals surface area contributed by atoms with E-state index in [1.54, 1.807) is 0 Å². The molecule has 17 heavy (non-hydrogen) atoms. The normalized spacial score (nSPS) is 12.8. The number of benzene rings is 1. The van der Waals surface area contributed by atoms with Crippen molar-refractivity contribution < 1.29 is 9.50 Å².